The van der Waals surface area contributed by atoms with Gasteiger partial charge >= 0.3 is 0 Å². The third-order valence-electron chi connectivity index (χ3n) is 6.92. The van der Waals surface area contributed by atoms with E-state index in [1.807, 2.05) is 25.1 Å². The zero-order valence-corrected chi connectivity index (χ0v) is 17.7. The number of furan rings is 1. The molecule has 5 heteroatoms. The molecule has 0 spiro atoms. The monoisotopic (exact) mass is 407 g/mol. The average Bonchev–Trinajstić information content (AvgIpc) is 3.30. The van der Waals surface area contributed by atoms with Gasteiger partial charge in [-0.15, -0.1) is 0 Å². The molecule has 2 fully saturated rings. The van der Waals surface area contributed by atoms with Crippen LogP contribution in [0, 0.1) is 18.3 Å². The molecule has 0 unspecified atom stereocenters. The molecule has 1 aromatic heterocycles. The number of ether oxygens (including phenoxy) is 2. The number of aryl methyl sites for hydroxylation is 1. The zero-order chi connectivity index (χ0) is 20.7. The Balaban J connectivity index is 1.48. The van der Waals surface area contributed by atoms with Crippen molar-refractivity contribution in [2.24, 2.45) is 11.3 Å². The Kier molecular flexibility index (Phi) is 5.05. The van der Waals surface area contributed by atoms with E-state index in [-0.39, 0.29) is 12.0 Å². The van der Waals surface area contributed by atoms with Crippen molar-refractivity contribution in [3.63, 3.8) is 0 Å². The van der Waals surface area contributed by atoms with Gasteiger partial charge in [-0.1, -0.05) is 30.3 Å². The van der Waals surface area contributed by atoms with Gasteiger partial charge in [-0.25, -0.2) is 0 Å². The highest BCUT2D eigenvalue weighted by molar-refractivity contribution is 5.97. The van der Waals surface area contributed by atoms with Crippen LogP contribution < -0.4 is 4.74 Å². The van der Waals surface area contributed by atoms with E-state index >= 15 is 0 Å². The molecule has 1 N–H and O–H groups in total. The predicted octanol–water partition coefficient (Wildman–Crippen LogP) is 4.25. The number of fused-ring (bicyclic) bond motifs is 2. The summed E-state index contributed by atoms with van der Waals surface area (Å²) in [5.41, 5.74) is 4.15. The molecule has 2 atom stereocenters. The summed E-state index contributed by atoms with van der Waals surface area (Å²) >= 11 is 0. The van der Waals surface area contributed by atoms with Gasteiger partial charge in [0.25, 0.3) is 0 Å². The first-order chi connectivity index (χ1) is 14.6. The number of methoxy groups -OCH3 is 1. The fourth-order valence-electron chi connectivity index (χ4n) is 5.36. The first-order valence-electron chi connectivity index (χ1n) is 10.7. The normalized spacial score (nSPS) is 24.3. The molecule has 0 aliphatic carbocycles. The summed E-state index contributed by atoms with van der Waals surface area (Å²) in [7, 11) is 1.73. The summed E-state index contributed by atoms with van der Waals surface area (Å²) in [6.07, 6.45) is 1.02. The first kappa shape index (κ1) is 19.6. The lowest BCUT2D eigenvalue weighted by molar-refractivity contribution is -0.0561. The van der Waals surface area contributed by atoms with Crippen LogP contribution in [0.3, 0.4) is 0 Å². The van der Waals surface area contributed by atoms with Gasteiger partial charge in [0.15, 0.2) is 0 Å². The number of aliphatic hydroxyl groups excluding tert-OH is 1. The number of hydrogen-bond acceptors (Lipinski definition) is 5. The molecule has 5 nitrogen and oxygen atoms in total. The van der Waals surface area contributed by atoms with E-state index in [4.69, 9.17) is 13.9 Å². The lowest BCUT2D eigenvalue weighted by Gasteiger charge is -2.36. The van der Waals surface area contributed by atoms with Crippen molar-refractivity contribution < 1.29 is 19.0 Å². The topological polar surface area (TPSA) is 55.1 Å². The number of rotatable bonds is 5. The van der Waals surface area contributed by atoms with E-state index in [2.05, 4.69) is 29.2 Å². The summed E-state index contributed by atoms with van der Waals surface area (Å²) in [5, 5.41) is 11.2. The predicted molar refractivity (Wildman–Crippen MR) is 117 cm³/mol. The molecule has 0 amide bonds. The lowest BCUT2D eigenvalue weighted by Crippen LogP contribution is -2.42. The van der Waals surface area contributed by atoms with Crippen LogP contribution in [0.15, 0.2) is 46.9 Å². The van der Waals surface area contributed by atoms with Gasteiger partial charge in [-0.2, -0.15) is 0 Å². The Hall–Kier alpha value is -2.34. The molecular weight excluding hydrogens is 378 g/mol. The average molecular weight is 408 g/mol. The summed E-state index contributed by atoms with van der Waals surface area (Å²) < 4.78 is 17.7. The highest BCUT2D eigenvalue weighted by Gasteiger charge is 2.48. The maximum Gasteiger partial charge on any atom is 0.135 e. The molecule has 2 aromatic carbocycles. The van der Waals surface area contributed by atoms with Crippen molar-refractivity contribution in [3.05, 3.63) is 53.8 Å². The number of nitrogens with zero attached hydrogens (tertiary/aromatic N) is 1. The van der Waals surface area contributed by atoms with Crippen LogP contribution in [-0.4, -0.2) is 50.0 Å². The standard InChI is InChI=1S/C25H29NO4/c1-17-24(18-6-4-3-5-7-18)21-11-22(28-2)19(10-23(21)30-17)12-26-13-20-8-9-29-16-25(20,14-26)15-27/h3-7,10-11,20,27H,8-9,12-16H2,1-2H3/t20-,25+/m0/s1. The van der Waals surface area contributed by atoms with Crippen LogP contribution in [0.25, 0.3) is 22.1 Å². The van der Waals surface area contributed by atoms with E-state index in [9.17, 15) is 5.11 Å². The third kappa shape index (κ3) is 3.22. The van der Waals surface area contributed by atoms with Gasteiger partial charge in [0, 0.05) is 48.2 Å². The first-order valence-corrected chi connectivity index (χ1v) is 10.7. The SMILES string of the molecule is COc1cc2c(-c3ccccc3)c(C)oc2cc1CN1C[C@@H]2CCOC[C@]2(CO)C1. The van der Waals surface area contributed by atoms with Crippen molar-refractivity contribution in [2.45, 2.75) is 19.9 Å². The fourth-order valence-corrected chi connectivity index (χ4v) is 5.36. The molecule has 0 saturated carbocycles. The molecule has 3 heterocycles. The Labute approximate surface area is 177 Å². The third-order valence-corrected chi connectivity index (χ3v) is 6.92. The summed E-state index contributed by atoms with van der Waals surface area (Å²) in [4.78, 5) is 2.42. The molecule has 3 aromatic rings. The maximum atomic E-state index is 10.1. The lowest BCUT2D eigenvalue weighted by atomic mass is 9.76. The van der Waals surface area contributed by atoms with Gasteiger partial charge in [-0.05, 0) is 37.0 Å². The van der Waals surface area contributed by atoms with Crippen molar-refractivity contribution in [2.75, 3.05) is 40.0 Å². The van der Waals surface area contributed by atoms with Gasteiger partial charge in [-0.3, -0.25) is 4.90 Å². The van der Waals surface area contributed by atoms with Gasteiger partial charge < -0.3 is 19.0 Å². The summed E-state index contributed by atoms with van der Waals surface area (Å²) in [6, 6.07) is 14.6. The Morgan fingerprint density at radius 2 is 2.07 bits per heavy atom. The van der Waals surface area contributed by atoms with Crippen LogP contribution in [0.2, 0.25) is 0 Å². The molecule has 2 aliphatic rings. The Bertz CT molecular complexity index is 1040. The second-order valence-electron chi connectivity index (χ2n) is 8.79. The minimum absolute atomic E-state index is 0.128. The highest BCUT2D eigenvalue weighted by atomic mass is 16.5. The van der Waals surface area contributed by atoms with Crippen molar-refractivity contribution in [1.82, 2.24) is 4.90 Å². The largest absolute Gasteiger partial charge is 0.496 e. The van der Waals surface area contributed by atoms with Crippen LogP contribution in [0.1, 0.15) is 17.7 Å². The highest BCUT2D eigenvalue weighted by Crippen LogP contribution is 2.43. The van der Waals surface area contributed by atoms with Crippen molar-refractivity contribution >= 4 is 11.0 Å². The fraction of sp³-hybridized carbons (Fsp3) is 0.440. The number of hydrogen-bond donors (Lipinski definition) is 1. The molecule has 5 rings (SSSR count). The van der Waals surface area contributed by atoms with Gasteiger partial charge in [0.05, 0.1) is 20.3 Å². The maximum absolute atomic E-state index is 10.1. The smallest absolute Gasteiger partial charge is 0.135 e. The quantitative estimate of drug-likeness (QED) is 0.685. The van der Waals surface area contributed by atoms with Gasteiger partial charge in [0.1, 0.15) is 17.1 Å². The van der Waals surface area contributed by atoms with E-state index < -0.39 is 0 Å². The van der Waals surface area contributed by atoms with Crippen LogP contribution in [0.5, 0.6) is 5.75 Å². The molecule has 0 bridgehead atoms. The van der Waals surface area contributed by atoms with Crippen LogP contribution in [0.4, 0.5) is 0 Å². The van der Waals surface area contributed by atoms with E-state index in [1.165, 1.54) is 0 Å². The number of likely N-dealkylation sites (tertiary alicyclic amines) is 1. The van der Waals surface area contributed by atoms with Crippen molar-refractivity contribution in [1.29, 1.82) is 0 Å². The van der Waals surface area contributed by atoms with Gasteiger partial charge in [0.2, 0.25) is 0 Å². The van der Waals surface area contributed by atoms with E-state index in [1.54, 1.807) is 7.11 Å². The van der Waals surface area contributed by atoms with Crippen LogP contribution >= 0.6 is 0 Å². The van der Waals surface area contributed by atoms with Crippen molar-refractivity contribution in [3.8, 4) is 16.9 Å². The second kappa shape index (κ2) is 7.73. The second-order valence-corrected chi connectivity index (χ2v) is 8.79. The minimum Gasteiger partial charge on any atom is -0.496 e. The molecule has 158 valence electrons. The molecule has 30 heavy (non-hydrogen) atoms. The minimum atomic E-state index is -0.128. The van der Waals surface area contributed by atoms with E-state index in [0.29, 0.717) is 12.5 Å². The van der Waals surface area contributed by atoms with E-state index in [0.717, 1.165) is 71.8 Å². The number of aliphatic hydroxyl groups is 1. The molecule has 2 saturated heterocycles. The summed E-state index contributed by atoms with van der Waals surface area (Å²) in [5.74, 6) is 2.28. The van der Waals surface area contributed by atoms with Crippen LogP contribution in [-0.2, 0) is 11.3 Å². The molecular formula is C25H29NO4. The summed E-state index contributed by atoms with van der Waals surface area (Å²) in [6.45, 7) is 6.26. The Morgan fingerprint density at radius 3 is 2.80 bits per heavy atom. The molecule has 0 radical (unpaired) electrons. The molecule has 2 aliphatic heterocycles. The Morgan fingerprint density at radius 1 is 1.23 bits per heavy atom. The zero-order valence-electron chi connectivity index (χ0n) is 17.7. The number of benzene rings is 2.